The van der Waals surface area contributed by atoms with Crippen LogP contribution in [0.1, 0.15) is 18.1 Å². The molecule has 0 unspecified atom stereocenters. The zero-order valence-electron chi connectivity index (χ0n) is 7.67. The van der Waals surface area contributed by atoms with Crippen molar-refractivity contribution < 1.29 is 9.18 Å². The van der Waals surface area contributed by atoms with E-state index in [1.54, 1.807) is 6.07 Å². The van der Waals surface area contributed by atoms with Gasteiger partial charge in [-0.2, -0.15) is 0 Å². The van der Waals surface area contributed by atoms with Gasteiger partial charge in [-0.3, -0.25) is 4.79 Å². The Bertz CT molecular complexity index is 353. The van der Waals surface area contributed by atoms with E-state index >= 15 is 0 Å². The van der Waals surface area contributed by atoms with Crippen molar-refractivity contribution in [2.24, 2.45) is 0 Å². The van der Waals surface area contributed by atoms with E-state index < -0.39 is 0 Å². The summed E-state index contributed by atoms with van der Waals surface area (Å²) in [6.45, 7) is 3.25. The maximum Gasteiger partial charge on any atom is 0.152 e. The van der Waals surface area contributed by atoms with Crippen LogP contribution in [0.4, 0.5) is 4.39 Å². The molecular weight excluding hydrogens is 167 g/mol. The molecule has 1 rings (SSSR count). The van der Waals surface area contributed by atoms with Crippen LogP contribution in [-0.4, -0.2) is 5.78 Å². The third kappa shape index (κ3) is 2.82. The van der Waals surface area contributed by atoms with E-state index in [1.807, 2.05) is 13.0 Å². The molecule has 0 N–H and O–H groups in total. The molecule has 0 heterocycles. The molecule has 1 aromatic rings. The van der Waals surface area contributed by atoms with Gasteiger partial charge in [0.2, 0.25) is 0 Å². The van der Waals surface area contributed by atoms with Crippen molar-refractivity contribution in [3.63, 3.8) is 0 Å². The van der Waals surface area contributed by atoms with Gasteiger partial charge in [0, 0.05) is 5.56 Å². The largest absolute Gasteiger partial charge is 0.295 e. The second-order valence-electron chi connectivity index (χ2n) is 2.97. The first kappa shape index (κ1) is 9.65. The summed E-state index contributed by atoms with van der Waals surface area (Å²) in [7, 11) is 0. The van der Waals surface area contributed by atoms with Gasteiger partial charge < -0.3 is 0 Å². The fourth-order valence-corrected chi connectivity index (χ4v) is 0.974. The molecule has 0 radical (unpaired) electrons. The number of aryl methyl sites for hydroxylation is 1. The van der Waals surface area contributed by atoms with Crippen LogP contribution in [0.2, 0.25) is 0 Å². The van der Waals surface area contributed by atoms with Crippen molar-refractivity contribution in [2.45, 2.75) is 13.8 Å². The van der Waals surface area contributed by atoms with E-state index in [4.69, 9.17) is 0 Å². The molecule has 0 fully saturated rings. The van der Waals surface area contributed by atoms with Crippen molar-refractivity contribution >= 4 is 11.9 Å². The first-order chi connectivity index (χ1) is 6.09. The summed E-state index contributed by atoms with van der Waals surface area (Å²) < 4.78 is 13.1. The monoisotopic (exact) mass is 178 g/mol. The van der Waals surface area contributed by atoms with Crippen molar-refractivity contribution in [3.05, 3.63) is 41.2 Å². The zero-order chi connectivity index (χ0) is 9.84. The molecule has 0 aliphatic heterocycles. The summed E-state index contributed by atoms with van der Waals surface area (Å²) in [5.74, 6) is -0.377. The lowest BCUT2D eigenvalue weighted by molar-refractivity contribution is -0.112. The summed E-state index contributed by atoms with van der Waals surface area (Å²) in [6.07, 6.45) is 2.84. The lowest BCUT2D eigenvalue weighted by atomic mass is 10.1. The van der Waals surface area contributed by atoms with Crippen LogP contribution in [-0.2, 0) is 4.79 Å². The van der Waals surface area contributed by atoms with Gasteiger partial charge >= 0.3 is 0 Å². The Morgan fingerprint density at radius 3 is 2.69 bits per heavy atom. The first-order valence-corrected chi connectivity index (χ1v) is 4.04. The van der Waals surface area contributed by atoms with Crippen molar-refractivity contribution in [2.75, 3.05) is 0 Å². The lowest BCUT2D eigenvalue weighted by Crippen LogP contribution is -1.85. The molecule has 0 spiro atoms. The van der Waals surface area contributed by atoms with E-state index in [0.717, 1.165) is 5.56 Å². The van der Waals surface area contributed by atoms with Gasteiger partial charge in [-0.1, -0.05) is 12.1 Å². The molecule has 13 heavy (non-hydrogen) atoms. The number of ketones is 1. The Labute approximate surface area is 76.9 Å². The Morgan fingerprint density at radius 2 is 2.15 bits per heavy atom. The topological polar surface area (TPSA) is 17.1 Å². The molecule has 0 atom stereocenters. The van der Waals surface area contributed by atoms with Crippen molar-refractivity contribution in [3.8, 4) is 0 Å². The van der Waals surface area contributed by atoms with Crippen molar-refractivity contribution in [1.82, 2.24) is 0 Å². The molecule has 0 saturated carbocycles. The molecule has 2 heteroatoms. The second kappa shape index (κ2) is 3.99. The van der Waals surface area contributed by atoms with Crippen LogP contribution in [0.15, 0.2) is 24.3 Å². The molecule has 0 aliphatic carbocycles. The van der Waals surface area contributed by atoms with E-state index in [2.05, 4.69) is 0 Å². The number of hydrogen-bond donors (Lipinski definition) is 0. The number of benzene rings is 1. The number of carbonyl (C=O) groups is 1. The fraction of sp³-hybridized carbons (Fsp3) is 0.182. The second-order valence-corrected chi connectivity index (χ2v) is 2.97. The van der Waals surface area contributed by atoms with Crippen LogP contribution < -0.4 is 0 Å². The molecule has 0 bridgehead atoms. The first-order valence-electron chi connectivity index (χ1n) is 4.04. The highest BCUT2D eigenvalue weighted by atomic mass is 19.1. The number of rotatable bonds is 2. The van der Waals surface area contributed by atoms with Gasteiger partial charge in [0.1, 0.15) is 5.82 Å². The lowest BCUT2D eigenvalue weighted by Gasteiger charge is -1.97. The van der Waals surface area contributed by atoms with Gasteiger partial charge in [0.15, 0.2) is 5.78 Å². The molecular formula is C11H11FO. The maximum absolute atomic E-state index is 13.1. The van der Waals surface area contributed by atoms with Crippen LogP contribution in [0.25, 0.3) is 6.08 Å². The highest BCUT2D eigenvalue weighted by molar-refractivity contribution is 5.91. The third-order valence-electron chi connectivity index (χ3n) is 1.65. The number of hydrogen-bond acceptors (Lipinski definition) is 1. The van der Waals surface area contributed by atoms with E-state index in [9.17, 15) is 9.18 Å². The predicted octanol–water partition coefficient (Wildman–Crippen LogP) is 2.74. The molecule has 0 aliphatic rings. The summed E-state index contributed by atoms with van der Waals surface area (Å²) in [4.78, 5) is 10.6. The summed E-state index contributed by atoms with van der Waals surface area (Å²) in [5.41, 5.74) is 1.32. The molecule has 0 saturated heterocycles. The van der Waals surface area contributed by atoms with Crippen LogP contribution >= 0.6 is 0 Å². The average Bonchev–Trinajstić information content (AvgIpc) is 2.02. The van der Waals surface area contributed by atoms with Crippen molar-refractivity contribution in [1.29, 1.82) is 0 Å². The Hall–Kier alpha value is -1.44. The standard InChI is InChI=1S/C11H11FO/c1-8-3-5-10(11(12)7-8)6-4-9(2)13/h3-7H,1-2H3. The molecule has 0 amide bonds. The Kier molecular flexibility index (Phi) is 2.96. The van der Waals surface area contributed by atoms with Gasteiger partial charge in [0.05, 0.1) is 0 Å². The average molecular weight is 178 g/mol. The van der Waals surface area contributed by atoms with Crippen LogP contribution in [0.3, 0.4) is 0 Å². The van der Waals surface area contributed by atoms with Crippen LogP contribution in [0, 0.1) is 12.7 Å². The third-order valence-corrected chi connectivity index (χ3v) is 1.65. The predicted molar refractivity (Wildman–Crippen MR) is 50.9 cm³/mol. The van der Waals surface area contributed by atoms with E-state index in [-0.39, 0.29) is 11.6 Å². The quantitative estimate of drug-likeness (QED) is 0.636. The van der Waals surface area contributed by atoms with Gasteiger partial charge in [0.25, 0.3) is 0 Å². The van der Waals surface area contributed by atoms with Gasteiger partial charge in [-0.25, -0.2) is 4.39 Å². The highest BCUT2D eigenvalue weighted by Gasteiger charge is 1.97. The Morgan fingerprint density at radius 1 is 1.46 bits per heavy atom. The summed E-state index contributed by atoms with van der Waals surface area (Å²) >= 11 is 0. The molecule has 68 valence electrons. The highest BCUT2D eigenvalue weighted by Crippen LogP contribution is 2.11. The van der Waals surface area contributed by atoms with Crippen LogP contribution in [0.5, 0.6) is 0 Å². The maximum atomic E-state index is 13.1. The SMILES string of the molecule is CC(=O)C=Cc1ccc(C)cc1F. The molecule has 1 nitrogen and oxygen atoms in total. The number of allylic oxidation sites excluding steroid dienone is 1. The van der Waals surface area contributed by atoms with E-state index in [0.29, 0.717) is 5.56 Å². The summed E-state index contributed by atoms with van der Waals surface area (Å²) in [5, 5.41) is 0. The minimum absolute atomic E-state index is 0.0834. The van der Waals surface area contributed by atoms with Gasteiger partial charge in [-0.15, -0.1) is 0 Å². The normalized spacial score (nSPS) is 10.7. The van der Waals surface area contributed by atoms with Gasteiger partial charge in [-0.05, 0) is 37.6 Å². The molecule has 0 aromatic heterocycles. The molecule has 1 aromatic carbocycles. The zero-order valence-corrected chi connectivity index (χ0v) is 7.67. The number of carbonyl (C=O) groups excluding carboxylic acids is 1. The number of halogens is 1. The Balaban J connectivity index is 2.96. The fourth-order valence-electron chi connectivity index (χ4n) is 0.974. The summed E-state index contributed by atoms with van der Waals surface area (Å²) in [6, 6.07) is 4.91. The minimum atomic E-state index is -0.294. The smallest absolute Gasteiger partial charge is 0.152 e. The van der Waals surface area contributed by atoms with E-state index in [1.165, 1.54) is 25.1 Å². The minimum Gasteiger partial charge on any atom is -0.295 e.